The Labute approximate surface area is 356 Å². The lowest BCUT2D eigenvalue weighted by atomic mass is 10.1. The lowest BCUT2D eigenvalue weighted by molar-refractivity contribution is -0.141. The zero-order valence-electron chi connectivity index (χ0n) is 35.6. The molecule has 6 unspecified atom stereocenters. The summed E-state index contributed by atoms with van der Waals surface area (Å²) in [7, 11) is 5.30. The molecule has 3 aromatic carbocycles. The number of amides is 6. The molecule has 6 amide bonds. The Kier molecular flexibility index (Phi) is 16.5. The number of hydrogen-bond acceptors (Lipinski definition) is 11. The van der Waals surface area contributed by atoms with Gasteiger partial charge in [-0.1, -0.05) is 42.5 Å². The molecule has 0 spiro atoms. The van der Waals surface area contributed by atoms with E-state index in [1.807, 2.05) is 78.9 Å². The lowest BCUT2D eigenvalue weighted by Gasteiger charge is -2.30. The van der Waals surface area contributed by atoms with Gasteiger partial charge in [0.05, 0.1) is 26.4 Å². The van der Waals surface area contributed by atoms with Crippen molar-refractivity contribution in [2.75, 3.05) is 57.1 Å². The van der Waals surface area contributed by atoms with Gasteiger partial charge in [-0.15, -0.1) is 0 Å². The van der Waals surface area contributed by atoms with Gasteiger partial charge in [-0.25, -0.2) is 9.59 Å². The second-order valence-corrected chi connectivity index (χ2v) is 15.1. The smallest absolute Gasteiger partial charge is 0.407 e. The van der Waals surface area contributed by atoms with Crippen molar-refractivity contribution in [3.05, 3.63) is 90.0 Å². The van der Waals surface area contributed by atoms with Crippen molar-refractivity contribution in [2.24, 2.45) is 0 Å². The summed E-state index contributed by atoms with van der Waals surface area (Å²) in [6.45, 7) is 5.16. The lowest BCUT2D eigenvalue weighted by Crippen LogP contribution is -2.56. The van der Waals surface area contributed by atoms with E-state index in [2.05, 4.69) is 26.2 Å². The molecule has 0 saturated carbocycles. The van der Waals surface area contributed by atoms with Crippen LogP contribution in [0.1, 0.15) is 50.7 Å². The molecule has 17 heteroatoms. The molecular weight excluding hydrogens is 787 g/mol. The summed E-state index contributed by atoms with van der Waals surface area (Å²) in [5, 5.41) is 11.0. The largest absolute Gasteiger partial charge is 0.453 e. The number of alkyl carbamates (subject to hydrolysis) is 2. The van der Waals surface area contributed by atoms with E-state index >= 15 is 0 Å². The first kappa shape index (κ1) is 45.9. The second-order valence-electron chi connectivity index (χ2n) is 15.1. The van der Waals surface area contributed by atoms with Gasteiger partial charge >= 0.3 is 12.2 Å². The van der Waals surface area contributed by atoms with Crippen LogP contribution in [0, 0.1) is 0 Å². The van der Waals surface area contributed by atoms with Crippen molar-refractivity contribution >= 4 is 52.9 Å². The van der Waals surface area contributed by atoms with Crippen molar-refractivity contribution in [2.45, 2.75) is 89.0 Å². The minimum absolute atomic E-state index is 0.321. The molecule has 3 aromatic rings. The first-order chi connectivity index (χ1) is 29.4. The third-order valence-corrected chi connectivity index (χ3v) is 11.1. The number of carbonyl (C=O) groups is 6. The van der Waals surface area contributed by atoms with Crippen LogP contribution in [0.3, 0.4) is 0 Å². The van der Waals surface area contributed by atoms with Crippen molar-refractivity contribution in [3.63, 3.8) is 0 Å². The van der Waals surface area contributed by atoms with Crippen molar-refractivity contribution in [1.29, 1.82) is 0 Å². The Morgan fingerprint density at radius 2 is 1.00 bits per heavy atom. The SMILES string of the molecule is COC(=O)NC(C(=O)N1CCCC1C(=O)Nc1ccc(CN(Cc2ccc(NC(=O)C3CCCN3C(=O)C(NC(=O)OC)C(C)OC)cc2)c2ccccc2)cc1)C(C)OC. The van der Waals surface area contributed by atoms with Crippen LogP contribution in [-0.2, 0) is 51.2 Å². The van der Waals surface area contributed by atoms with Crippen LogP contribution in [0.2, 0.25) is 0 Å². The highest BCUT2D eigenvalue weighted by Gasteiger charge is 2.41. The van der Waals surface area contributed by atoms with Gasteiger partial charge in [0.15, 0.2) is 0 Å². The average molecular weight is 844 g/mol. The van der Waals surface area contributed by atoms with Gasteiger partial charge < -0.3 is 54.9 Å². The van der Waals surface area contributed by atoms with Gasteiger partial charge in [0, 0.05) is 57.5 Å². The van der Waals surface area contributed by atoms with E-state index in [1.165, 1.54) is 38.2 Å². The van der Waals surface area contributed by atoms with Crippen LogP contribution >= 0.6 is 0 Å². The molecule has 2 saturated heterocycles. The molecule has 61 heavy (non-hydrogen) atoms. The van der Waals surface area contributed by atoms with Gasteiger partial charge in [0.2, 0.25) is 23.6 Å². The Morgan fingerprint density at radius 1 is 0.607 bits per heavy atom. The highest BCUT2D eigenvalue weighted by Crippen LogP contribution is 2.26. The highest BCUT2D eigenvalue weighted by atomic mass is 16.5. The number of ether oxygens (including phenoxy) is 4. The quantitative estimate of drug-likeness (QED) is 0.152. The molecule has 5 rings (SSSR count). The standard InChI is InChI=1S/C44H57N7O10/c1-28(58-3)37(47-43(56)60-5)41(54)50-24-10-14-35(50)39(52)45-32-20-16-30(17-21-32)26-49(34-12-8-7-9-13-34)27-31-18-22-33(23-19-31)46-40(53)36-15-11-25-51(36)42(55)38(29(2)59-4)48-44(57)61-6/h7-9,12-13,16-23,28-29,35-38H,10-11,14-15,24-27H2,1-6H3,(H,45,52)(H,46,53)(H,47,56)(H,48,57). The van der Waals surface area contributed by atoms with Crippen molar-refractivity contribution in [1.82, 2.24) is 20.4 Å². The second kappa shape index (κ2) is 21.9. The van der Waals surface area contributed by atoms with Crippen LogP contribution in [-0.4, -0.2) is 124 Å². The molecule has 6 atom stereocenters. The summed E-state index contributed by atoms with van der Waals surface area (Å²) in [5.74, 6) is -1.48. The van der Waals surface area contributed by atoms with E-state index in [0.29, 0.717) is 63.2 Å². The number of methoxy groups -OCH3 is 4. The Morgan fingerprint density at radius 3 is 1.36 bits per heavy atom. The van der Waals surface area contributed by atoms with Gasteiger partial charge in [0.1, 0.15) is 24.2 Å². The predicted octanol–water partition coefficient (Wildman–Crippen LogP) is 4.27. The summed E-state index contributed by atoms with van der Waals surface area (Å²) in [6.07, 6.45) is -0.598. The summed E-state index contributed by atoms with van der Waals surface area (Å²) in [5.41, 5.74) is 4.15. The minimum atomic E-state index is -1.02. The summed E-state index contributed by atoms with van der Waals surface area (Å²) in [4.78, 5) is 83.2. The Bertz CT molecular complexity index is 1850. The van der Waals surface area contributed by atoms with E-state index in [1.54, 1.807) is 13.8 Å². The van der Waals surface area contributed by atoms with Crippen LogP contribution < -0.4 is 26.2 Å². The zero-order valence-corrected chi connectivity index (χ0v) is 35.6. The minimum Gasteiger partial charge on any atom is -0.453 e. The molecule has 2 aliphatic heterocycles. The molecule has 0 aliphatic carbocycles. The van der Waals surface area contributed by atoms with Crippen LogP contribution in [0.5, 0.6) is 0 Å². The number of nitrogens with zero attached hydrogens (tertiary/aromatic N) is 3. The molecular formula is C44H57N7O10. The summed E-state index contributed by atoms with van der Waals surface area (Å²) < 4.78 is 20.1. The average Bonchev–Trinajstić information content (AvgIpc) is 3.99. The van der Waals surface area contributed by atoms with Crippen molar-refractivity contribution in [3.8, 4) is 0 Å². The van der Waals surface area contributed by atoms with Crippen LogP contribution in [0.25, 0.3) is 0 Å². The Hall–Kier alpha value is -6.20. The molecule has 2 heterocycles. The fraction of sp³-hybridized carbons (Fsp3) is 0.455. The number of nitrogens with one attached hydrogen (secondary N) is 4. The predicted molar refractivity (Wildman–Crippen MR) is 228 cm³/mol. The van der Waals surface area contributed by atoms with Gasteiger partial charge in [-0.05, 0) is 87.1 Å². The van der Waals surface area contributed by atoms with Crippen molar-refractivity contribution < 1.29 is 47.7 Å². The molecule has 2 fully saturated rings. The van der Waals surface area contributed by atoms with Crippen LogP contribution in [0.15, 0.2) is 78.9 Å². The number of rotatable bonds is 17. The fourth-order valence-electron chi connectivity index (χ4n) is 7.52. The van der Waals surface area contributed by atoms with E-state index in [0.717, 1.165) is 16.8 Å². The number of anilines is 3. The van der Waals surface area contributed by atoms with Gasteiger partial charge in [-0.3, -0.25) is 19.2 Å². The fourth-order valence-corrected chi connectivity index (χ4v) is 7.52. The van der Waals surface area contributed by atoms with E-state index in [-0.39, 0.29) is 11.8 Å². The summed E-state index contributed by atoms with van der Waals surface area (Å²) >= 11 is 0. The monoisotopic (exact) mass is 843 g/mol. The maximum absolute atomic E-state index is 13.5. The van der Waals surface area contributed by atoms with Crippen LogP contribution in [0.4, 0.5) is 26.7 Å². The van der Waals surface area contributed by atoms with E-state index in [4.69, 9.17) is 18.9 Å². The highest BCUT2D eigenvalue weighted by molar-refractivity contribution is 5.99. The molecule has 17 nitrogen and oxygen atoms in total. The number of para-hydroxylation sites is 1. The number of likely N-dealkylation sites (tertiary alicyclic amines) is 2. The first-order valence-electron chi connectivity index (χ1n) is 20.3. The third-order valence-electron chi connectivity index (χ3n) is 11.1. The number of benzene rings is 3. The van der Waals surface area contributed by atoms with Gasteiger partial charge in [-0.2, -0.15) is 0 Å². The Balaban J connectivity index is 1.21. The molecule has 0 bridgehead atoms. The van der Waals surface area contributed by atoms with E-state index in [9.17, 15) is 28.8 Å². The summed E-state index contributed by atoms with van der Waals surface area (Å²) in [6, 6.07) is 21.6. The molecule has 4 N–H and O–H groups in total. The maximum atomic E-state index is 13.5. The zero-order chi connectivity index (χ0) is 44.1. The van der Waals surface area contributed by atoms with Gasteiger partial charge in [0.25, 0.3) is 0 Å². The maximum Gasteiger partial charge on any atom is 0.407 e. The number of hydrogen-bond donors (Lipinski definition) is 4. The normalized spacial score (nSPS) is 17.9. The molecule has 0 radical (unpaired) electrons. The first-order valence-corrected chi connectivity index (χ1v) is 20.3. The molecule has 2 aliphatic rings. The number of carbonyl (C=O) groups excluding carboxylic acids is 6. The van der Waals surface area contributed by atoms with E-state index < -0.39 is 60.4 Å². The third kappa shape index (κ3) is 12.0. The molecule has 328 valence electrons. The molecule has 0 aromatic heterocycles. The topological polar surface area (TPSA) is 197 Å².